The van der Waals surface area contributed by atoms with E-state index in [0.717, 1.165) is 24.1 Å². The van der Waals surface area contributed by atoms with Crippen LogP contribution in [0.15, 0.2) is 16.8 Å². The number of aliphatic imine (C=N–C) groups is 1. The van der Waals surface area contributed by atoms with Gasteiger partial charge in [-0.2, -0.15) is 5.26 Å². The van der Waals surface area contributed by atoms with Crippen molar-refractivity contribution in [3.63, 3.8) is 0 Å². The molecule has 0 atom stereocenters. The van der Waals surface area contributed by atoms with Crippen molar-refractivity contribution in [2.75, 3.05) is 0 Å². The first-order valence-corrected chi connectivity index (χ1v) is 2.95. The van der Waals surface area contributed by atoms with Crippen molar-refractivity contribution in [3.05, 3.63) is 11.8 Å². The highest BCUT2D eigenvalue weighted by atomic mass is 14.7. The van der Waals surface area contributed by atoms with Gasteiger partial charge in [0.2, 0.25) is 0 Å². The normalized spacial score (nSPS) is 17.8. The van der Waals surface area contributed by atoms with Gasteiger partial charge in [-0.25, -0.2) is 0 Å². The summed E-state index contributed by atoms with van der Waals surface area (Å²) in [6.07, 6.45) is 3.46. The summed E-state index contributed by atoms with van der Waals surface area (Å²) in [5, 5.41) is 8.39. The van der Waals surface area contributed by atoms with E-state index in [2.05, 4.69) is 11.1 Å². The van der Waals surface area contributed by atoms with E-state index in [4.69, 9.17) is 5.26 Å². The molecule has 0 spiro atoms. The second kappa shape index (κ2) is 2.45. The molecule has 1 aliphatic heterocycles. The van der Waals surface area contributed by atoms with Crippen LogP contribution in [0.1, 0.15) is 19.8 Å². The maximum absolute atomic E-state index is 8.39. The second-order valence-electron chi connectivity index (χ2n) is 2.13. The van der Waals surface area contributed by atoms with Gasteiger partial charge in [0.25, 0.3) is 0 Å². The number of nitrogens with zero attached hydrogens (tertiary/aromatic N) is 2. The van der Waals surface area contributed by atoms with Crippen LogP contribution in [-0.4, -0.2) is 5.71 Å². The Kier molecular flexibility index (Phi) is 1.64. The van der Waals surface area contributed by atoms with Crippen molar-refractivity contribution in [3.8, 4) is 6.07 Å². The first kappa shape index (κ1) is 6.03. The Labute approximate surface area is 54.5 Å². The predicted octanol–water partition coefficient (Wildman–Crippen LogP) is 1.65. The lowest BCUT2D eigenvalue weighted by Gasteiger charge is -2.02. The highest BCUT2D eigenvalue weighted by molar-refractivity contribution is 5.83. The molecule has 2 heteroatoms. The summed E-state index contributed by atoms with van der Waals surface area (Å²) < 4.78 is 0. The summed E-state index contributed by atoms with van der Waals surface area (Å²) in [6, 6.07) is 2.08. The summed E-state index contributed by atoms with van der Waals surface area (Å²) in [5.41, 5.74) is 1.91. The van der Waals surface area contributed by atoms with Gasteiger partial charge in [0.1, 0.15) is 0 Å². The molecule has 0 radical (unpaired) electrons. The Balaban J connectivity index is 2.73. The van der Waals surface area contributed by atoms with E-state index >= 15 is 0 Å². The Morgan fingerprint density at radius 2 is 2.44 bits per heavy atom. The van der Waals surface area contributed by atoms with Gasteiger partial charge in [0.05, 0.1) is 6.07 Å². The van der Waals surface area contributed by atoms with E-state index < -0.39 is 0 Å². The van der Waals surface area contributed by atoms with Crippen LogP contribution >= 0.6 is 0 Å². The summed E-state index contributed by atoms with van der Waals surface area (Å²) in [7, 11) is 0. The minimum atomic E-state index is 0.792. The molecule has 2 nitrogen and oxygen atoms in total. The molecule has 0 saturated carbocycles. The first-order chi connectivity index (χ1) is 4.33. The average Bonchev–Trinajstić information content (AvgIpc) is 1.90. The number of hydrogen-bond acceptors (Lipinski definition) is 2. The lowest BCUT2D eigenvalue weighted by molar-refractivity contribution is 1.01. The fourth-order valence-electron chi connectivity index (χ4n) is 0.718. The second-order valence-corrected chi connectivity index (χ2v) is 2.13. The SMILES string of the molecule is CC1=NC=C(C#N)CC1. The van der Waals surface area contributed by atoms with E-state index in [1.165, 1.54) is 0 Å². The minimum absolute atomic E-state index is 0.792. The summed E-state index contributed by atoms with van der Waals surface area (Å²) in [4.78, 5) is 4.01. The molecule has 0 unspecified atom stereocenters. The zero-order valence-corrected chi connectivity index (χ0v) is 5.39. The van der Waals surface area contributed by atoms with Crippen molar-refractivity contribution < 1.29 is 0 Å². The highest BCUT2D eigenvalue weighted by Gasteiger charge is 2.01. The van der Waals surface area contributed by atoms with Crippen molar-refractivity contribution in [2.24, 2.45) is 4.99 Å². The van der Waals surface area contributed by atoms with Crippen molar-refractivity contribution in [1.29, 1.82) is 5.26 Å². The van der Waals surface area contributed by atoms with Crippen LogP contribution in [0.4, 0.5) is 0 Å². The third kappa shape index (κ3) is 1.39. The summed E-state index contributed by atoms with van der Waals surface area (Å²) >= 11 is 0. The van der Waals surface area contributed by atoms with Crippen molar-refractivity contribution in [1.82, 2.24) is 0 Å². The Morgan fingerprint density at radius 3 is 2.89 bits per heavy atom. The molecule has 0 N–H and O–H groups in total. The van der Waals surface area contributed by atoms with Crippen LogP contribution in [0.5, 0.6) is 0 Å². The molecule has 0 aromatic rings. The van der Waals surface area contributed by atoms with Gasteiger partial charge in [-0.3, -0.25) is 4.99 Å². The van der Waals surface area contributed by atoms with E-state index in [9.17, 15) is 0 Å². The van der Waals surface area contributed by atoms with E-state index in [0.29, 0.717) is 0 Å². The largest absolute Gasteiger partial charge is 0.265 e. The predicted molar refractivity (Wildman–Crippen MR) is 36.0 cm³/mol. The molecule has 0 aromatic carbocycles. The summed E-state index contributed by atoms with van der Waals surface area (Å²) in [5.74, 6) is 0. The molecule has 1 rings (SSSR count). The lowest BCUT2D eigenvalue weighted by Crippen LogP contribution is -1.96. The van der Waals surface area contributed by atoms with Gasteiger partial charge in [0, 0.05) is 17.5 Å². The van der Waals surface area contributed by atoms with Gasteiger partial charge in [-0.1, -0.05) is 0 Å². The highest BCUT2D eigenvalue weighted by Crippen LogP contribution is 2.10. The number of allylic oxidation sites excluding steroid dienone is 1. The van der Waals surface area contributed by atoms with Crippen LogP contribution in [-0.2, 0) is 0 Å². The van der Waals surface area contributed by atoms with Gasteiger partial charge < -0.3 is 0 Å². The fraction of sp³-hybridized carbons (Fsp3) is 0.429. The molecule has 1 aliphatic rings. The van der Waals surface area contributed by atoms with Crippen LogP contribution in [0.25, 0.3) is 0 Å². The molecule has 1 heterocycles. The zero-order chi connectivity index (χ0) is 6.69. The van der Waals surface area contributed by atoms with E-state index in [1.807, 2.05) is 6.92 Å². The monoisotopic (exact) mass is 120 g/mol. The number of nitriles is 1. The van der Waals surface area contributed by atoms with Gasteiger partial charge in [-0.05, 0) is 19.8 Å². The average molecular weight is 120 g/mol. The van der Waals surface area contributed by atoms with Gasteiger partial charge in [0.15, 0.2) is 0 Å². The number of hydrogen-bond donors (Lipinski definition) is 0. The molecular formula is C7H8N2. The Bertz CT molecular complexity index is 205. The van der Waals surface area contributed by atoms with E-state index in [1.54, 1.807) is 6.20 Å². The standard InChI is InChI=1S/C7H8N2/c1-6-2-3-7(4-8)5-9-6/h5H,2-3H2,1H3. The van der Waals surface area contributed by atoms with E-state index in [-0.39, 0.29) is 0 Å². The number of rotatable bonds is 0. The van der Waals surface area contributed by atoms with Crippen LogP contribution in [0.2, 0.25) is 0 Å². The van der Waals surface area contributed by atoms with Crippen molar-refractivity contribution >= 4 is 5.71 Å². The molecular weight excluding hydrogens is 112 g/mol. The topological polar surface area (TPSA) is 36.1 Å². The van der Waals surface area contributed by atoms with Crippen LogP contribution in [0.3, 0.4) is 0 Å². The molecule has 0 amide bonds. The lowest BCUT2D eigenvalue weighted by atomic mass is 10.1. The molecule has 0 fully saturated rings. The molecule has 46 valence electrons. The fourth-order valence-corrected chi connectivity index (χ4v) is 0.718. The first-order valence-electron chi connectivity index (χ1n) is 2.95. The maximum atomic E-state index is 8.39. The van der Waals surface area contributed by atoms with Crippen LogP contribution in [0, 0.1) is 11.3 Å². The molecule has 0 saturated heterocycles. The molecule has 9 heavy (non-hydrogen) atoms. The Morgan fingerprint density at radius 1 is 1.67 bits per heavy atom. The van der Waals surface area contributed by atoms with Crippen LogP contribution < -0.4 is 0 Å². The zero-order valence-electron chi connectivity index (χ0n) is 5.39. The smallest absolute Gasteiger partial charge is 0.0963 e. The van der Waals surface area contributed by atoms with Gasteiger partial charge >= 0.3 is 0 Å². The van der Waals surface area contributed by atoms with Gasteiger partial charge in [-0.15, -0.1) is 0 Å². The third-order valence-electron chi connectivity index (χ3n) is 1.34. The summed E-state index contributed by atoms with van der Waals surface area (Å²) in [6.45, 7) is 1.98. The maximum Gasteiger partial charge on any atom is 0.0963 e. The van der Waals surface area contributed by atoms with Crippen molar-refractivity contribution in [2.45, 2.75) is 19.8 Å². The molecule has 0 bridgehead atoms. The quantitative estimate of drug-likeness (QED) is 0.478. The Hall–Kier alpha value is -1.10. The third-order valence-corrected chi connectivity index (χ3v) is 1.34. The molecule has 0 aromatic heterocycles. The minimum Gasteiger partial charge on any atom is -0.265 e. The molecule has 0 aliphatic carbocycles.